The zero-order valence-corrected chi connectivity index (χ0v) is 7.76. The van der Waals surface area contributed by atoms with Crippen molar-refractivity contribution in [2.75, 3.05) is 7.11 Å². The second kappa shape index (κ2) is 3.52. The van der Waals surface area contributed by atoms with Gasteiger partial charge in [0.1, 0.15) is 12.6 Å². The monoisotopic (exact) mass is 199 g/mol. The molecular weight excluding hydrogens is 190 g/mol. The summed E-state index contributed by atoms with van der Waals surface area (Å²) in [6.07, 6.45) is 0.945. The molecule has 1 aliphatic rings. The van der Waals surface area contributed by atoms with Crippen molar-refractivity contribution in [1.82, 2.24) is 0 Å². The molecule has 14 heavy (non-hydrogen) atoms. The molecule has 0 N–H and O–H groups in total. The molecule has 0 fully saturated rings. The maximum absolute atomic E-state index is 10.9. The quantitative estimate of drug-likeness (QED) is 0.356. The number of nitrogens with zero attached hydrogens (tertiary/aromatic N) is 3. The summed E-state index contributed by atoms with van der Waals surface area (Å²) >= 11 is 0. The van der Waals surface area contributed by atoms with Crippen LogP contribution >= 0.6 is 0 Å². The first kappa shape index (κ1) is 10.3. The van der Waals surface area contributed by atoms with Crippen molar-refractivity contribution in [3.05, 3.63) is 10.1 Å². The van der Waals surface area contributed by atoms with Gasteiger partial charge in [-0.2, -0.15) is 0 Å². The zero-order valence-electron chi connectivity index (χ0n) is 7.76. The fourth-order valence-corrected chi connectivity index (χ4v) is 1.02. The number of methoxy groups -OCH3 is 1. The van der Waals surface area contributed by atoms with Crippen molar-refractivity contribution in [1.29, 1.82) is 0 Å². The van der Waals surface area contributed by atoms with Gasteiger partial charge in [0.25, 0.3) is 0 Å². The van der Waals surface area contributed by atoms with Crippen LogP contribution in [-0.4, -0.2) is 35.7 Å². The smallest absolute Gasteiger partial charge is 0.378 e. The number of hydrogen-bond acceptors (Lipinski definition) is 6. The van der Waals surface area contributed by atoms with Gasteiger partial charge in [-0.25, -0.2) is 4.99 Å². The van der Waals surface area contributed by atoms with Crippen molar-refractivity contribution >= 4 is 18.0 Å². The lowest BCUT2D eigenvalue weighted by Gasteiger charge is -2.08. The van der Waals surface area contributed by atoms with Gasteiger partial charge in [0.05, 0.1) is 7.11 Å². The molecule has 0 amide bonds. The molecule has 0 aromatic heterocycles. The highest BCUT2D eigenvalue weighted by Gasteiger charge is 2.38. The summed E-state index contributed by atoms with van der Waals surface area (Å²) in [5.41, 5.74) is -1.09. The van der Waals surface area contributed by atoms with Crippen molar-refractivity contribution in [2.45, 2.75) is 19.0 Å². The van der Waals surface area contributed by atoms with Crippen LogP contribution in [-0.2, 0) is 9.53 Å². The lowest BCUT2D eigenvalue weighted by molar-refractivity contribution is -0.345. The van der Waals surface area contributed by atoms with E-state index < -0.39 is 16.6 Å². The van der Waals surface area contributed by atoms with Crippen molar-refractivity contribution in [2.24, 2.45) is 9.98 Å². The number of ether oxygens (including phenoxy) is 1. The van der Waals surface area contributed by atoms with Crippen LogP contribution in [0, 0.1) is 10.1 Å². The largest absolute Gasteiger partial charge is 0.469 e. The molecule has 1 atom stereocenters. The molecule has 76 valence electrons. The summed E-state index contributed by atoms with van der Waals surface area (Å²) in [4.78, 5) is 28.1. The van der Waals surface area contributed by atoms with Crippen LogP contribution in [0.25, 0.3) is 0 Å². The topological polar surface area (TPSA) is 94.2 Å². The maximum atomic E-state index is 10.9. The van der Waals surface area contributed by atoms with Crippen LogP contribution in [0.2, 0.25) is 0 Å². The Hall–Kier alpha value is -1.79. The molecule has 0 saturated carbocycles. The molecule has 0 aromatic rings. The fraction of sp³-hybridized carbons (Fsp3) is 0.571. The molecule has 7 heteroatoms. The van der Waals surface area contributed by atoms with Gasteiger partial charge in [-0.3, -0.25) is 4.79 Å². The van der Waals surface area contributed by atoms with Gasteiger partial charge in [-0.15, -0.1) is 0 Å². The van der Waals surface area contributed by atoms with Gasteiger partial charge in [-0.05, 0) is 9.92 Å². The lowest BCUT2D eigenvalue weighted by Crippen LogP contribution is -2.23. The third-order valence-electron chi connectivity index (χ3n) is 1.71. The van der Waals surface area contributed by atoms with Crippen LogP contribution in [0.4, 0.5) is 0 Å². The Balaban J connectivity index is 2.76. The van der Waals surface area contributed by atoms with Gasteiger partial charge in [-0.1, -0.05) is 0 Å². The van der Waals surface area contributed by atoms with E-state index in [4.69, 9.17) is 0 Å². The summed E-state index contributed by atoms with van der Waals surface area (Å²) in [5, 5.41) is 10.3. The minimum atomic E-state index is -1.09. The van der Waals surface area contributed by atoms with E-state index in [0.29, 0.717) is 0 Å². The number of carbonyl (C=O) groups excluding carboxylic acids is 1. The van der Waals surface area contributed by atoms with Gasteiger partial charge in [0.2, 0.25) is 5.66 Å². The standard InChI is InChI=1S/C7H9N3O4/c1-7(3-6(11)14-2)8-4-5(9-7)10(12)13/h4H,3H2,1-2H3. The van der Waals surface area contributed by atoms with Crippen LogP contribution in [0.1, 0.15) is 13.3 Å². The Kier molecular flexibility index (Phi) is 2.59. The maximum Gasteiger partial charge on any atom is 0.378 e. The highest BCUT2D eigenvalue weighted by atomic mass is 16.6. The number of hydrogen-bond donors (Lipinski definition) is 0. The molecule has 1 rings (SSSR count). The predicted molar refractivity (Wildman–Crippen MR) is 48.0 cm³/mol. The highest BCUT2D eigenvalue weighted by Crippen LogP contribution is 2.21. The van der Waals surface area contributed by atoms with Gasteiger partial charge < -0.3 is 14.9 Å². The van der Waals surface area contributed by atoms with Gasteiger partial charge in [0, 0.05) is 6.92 Å². The van der Waals surface area contributed by atoms with Crippen LogP contribution in [0.3, 0.4) is 0 Å². The first-order chi connectivity index (χ1) is 6.47. The van der Waals surface area contributed by atoms with Crippen LogP contribution in [0.5, 0.6) is 0 Å². The molecule has 0 radical (unpaired) electrons. The third-order valence-corrected chi connectivity index (χ3v) is 1.71. The summed E-state index contributed by atoms with van der Waals surface area (Å²) in [6.45, 7) is 1.52. The fourth-order valence-electron chi connectivity index (χ4n) is 1.02. The first-order valence-electron chi connectivity index (χ1n) is 3.83. The second-order valence-corrected chi connectivity index (χ2v) is 2.96. The zero-order chi connectivity index (χ0) is 10.8. The molecule has 7 nitrogen and oxygen atoms in total. The summed E-state index contributed by atoms with van der Waals surface area (Å²) in [5.74, 6) is -0.839. The van der Waals surface area contributed by atoms with E-state index in [0.717, 1.165) is 6.21 Å². The molecule has 0 bridgehead atoms. The highest BCUT2D eigenvalue weighted by molar-refractivity contribution is 6.26. The molecule has 1 unspecified atom stereocenters. The molecule has 0 aliphatic carbocycles. The number of esters is 1. The predicted octanol–water partition coefficient (Wildman–Crippen LogP) is 0.0253. The van der Waals surface area contributed by atoms with E-state index in [9.17, 15) is 14.9 Å². The Morgan fingerprint density at radius 1 is 1.79 bits per heavy atom. The average molecular weight is 199 g/mol. The van der Waals surface area contributed by atoms with E-state index in [2.05, 4.69) is 14.7 Å². The van der Waals surface area contributed by atoms with Gasteiger partial charge in [0.15, 0.2) is 0 Å². The minimum absolute atomic E-state index is 0.0999. The van der Waals surface area contributed by atoms with E-state index >= 15 is 0 Å². The Morgan fingerprint density at radius 3 is 2.86 bits per heavy atom. The summed E-state index contributed by atoms with van der Waals surface area (Å²) < 4.78 is 4.42. The SMILES string of the molecule is COC(=O)CC1(C)N=CC([N+](=O)[O-])=N1. The molecule has 0 saturated heterocycles. The summed E-state index contributed by atoms with van der Waals surface area (Å²) in [6, 6.07) is 0. The average Bonchev–Trinajstić information content (AvgIpc) is 2.47. The van der Waals surface area contributed by atoms with E-state index in [1.54, 1.807) is 0 Å². The molecule has 0 aromatic carbocycles. The van der Waals surface area contributed by atoms with Crippen molar-refractivity contribution in [3.8, 4) is 0 Å². The number of nitro groups is 1. The number of rotatable bonds is 2. The van der Waals surface area contributed by atoms with Gasteiger partial charge >= 0.3 is 11.8 Å². The number of amidine groups is 1. The van der Waals surface area contributed by atoms with Crippen LogP contribution < -0.4 is 0 Å². The van der Waals surface area contributed by atoms with Crippen LogP contribution in [0.15, 0.2) is 9.98 Å². The molecular formula is C7H9N3O4. The number of aliphatic imine (C=N–C) groups is 2. The Morgan fingerprint density at radius 2 is 2.43 bits per heavy atom. The van der Waals surface area contributed by atoms with Crippen molar-refractivity contribution in [3.63, 3.8) is 0 Å². The minimum Gasteiger partial charge on any atom is -0.469 e. The Labute approximate surface area is 79.6 Å². The van der Waals surface area contributed by atoms with E-state index in [-0.39, 0.29) is 12.3 Å². The molecule has 1 heterocycles. The third kappa shape index (κ3) is 2.12. The second-order valence-electron chi connectivity index (χ2n) is 2.96. The Bertz CT molecular complexity index is 336. The lowest BCUT2D eigenvalue weighted by atomic mass is 10.1. The number of carbonyl (C=O) groups is 1. The van der Waals surface area contributed by atoms with E-state index in [1.807, 2.05) is 0 Å². The summed E-state index contributed by atoms with van der Waals surface area (Å²) in [7, 11) is 1.24. The normalized spacial score (nSPS) is 24.6. The van der Waals surface area contributed by atoms with E-state index in [1.165, 1.54) is 14.0 Å². The molecule has 0 spiro atoms. The van der Waals surface area contributed by atoms with Crippen molar-refractivity contribution < 1.29 is 14.5 Å². The first-order valence-corrected chi connectivity index (χ1v) is 3.83. The molecule has 1 aliphatic heterocycles.